The van der Waals surface area contributed by atoms with Gasteiger partial charge in [-0.2, -0.15) is 0 Å². The number of pyridine rings is 1. The fourth-order valence-corrected chi connectivity index (χ4v) is 4.29. The van der Waals surface area contributed by atoms with Gasteiger partial charge in [-0.3, -0.25) is 4.98 Å². The highest BCUT2D eigenvalue weighted by atomic mass is 16.6. The molecule has 1 N–H and O–H groups in total. The number of hydrogen-bond acceptors (Lipinski definition) is 5. The molecular formula is C28H26N4O3. The lowest BCUT2D eigenvalue weighted by Crippen LogP contribution is -2.35. The summed E-state index contributed by atoms with van der Waals surface area (Å²) in [6.45, 7) is 6.26. The van der Waals surface area contributed by atoms with E-state index in [2.05, 4.69) is 40.8 Å². The van der Waals surface area contributed by atoms with Gasteiger partial charge in [-0.25, -0.2) is 9.69 Å². The molecule has 7 heteroatoms. The van der Waals surface area contributed by atoms with Gasteiger partial charge in [-0.1, -0.05) is 55.1 Å². The number of benzene rings is 2. The Bertz CT molecular complexity index is 1490. The Morgan fingerprint density at radius 1 is 1.20 bits per heavy atom. The van der Waals surface area contributed by atoms with Crippen molar-refractivity contribution >= 4 is 33.7 Å². The first kappa shape index (κ1) is 22.4. The minimum atomic E-state index is -0.497. The topological polar surface area (TPSA) is 84.2 Å². The monoisotopic (exact) mass is 466 g/mol. The number of hydrogen-bond donors (Lipinski definition) is 1. The smallest absolute Gasteiger partial charge is 0.417 e. The second-order valence-corrected chi connectivity index (χ2v) is 8.63. The summed E-state index contributed by atoms with van der Waals surface area (Å²) in [5, 5.41) is 7.52. The predicted octanol–water partition coefficient (Wildman–Crippen LogP) is 6.38. The van der Waals surface area contributed by atoms with Gasteiger partial charge in [0, 0.05) is 53.1 Å². The number of aromatic nitrogens is 3. The molecule has 0 saturated carbocycles. The molecule has 3 heterocycles. The quantitative estimate of drug-likeness (QED) is 0.268. The van der Waals surface area contributed by atoms with Gasteiger partial charge in [-0.05, 0) is 41.5 Å². The van der Waals surface area contributed by atoms with Gasteiger partial charge in [0.05, 0.1) is 0 Å². The first-order valence-electron chi connectivity index (χ1n) is 11.5. The molecule has 1 atom stereocenters. The van der Waals surface area contributed by atoms with Crippen LogP contribution in [-0.4, -0.2) is 34.4 Å². The minimum Gasteiger partial charge on any atom is -0.445 e. The van der Waals surface area contributed by atoms with Gasteiger partial charge in [0.1, 0.15) is 12.3 Å². The molecule has 0 unspecified atom stereocenters. The van der Waals surface area contributed by atoms with E-state index in [9.17, 15) is 4.79 Å². The van der Waals surface area contributed by atoms with Gasteiger partial charge in [0.25, 0.3) is 0 Å². The van der Waals surface area contributed by atoms with Crippen LogP contribution in [-0.2, 0) is 11.2 Å². The van der Waals surface area contributed by atoms with Crippen molar-refractivity contribution < 1.29 is 14.1 Å². The third-order valence-electron chi connectivity index (χ3n) is 5.98. The molecule has 176 valence electrons. The molecule has 3 aromatic heterocycles. The second-order valence-electron chi connectivity index (χ2n) is 8.63. The average molecular weight is 467 g/mol. The maximum absolute atomic E-state index is 12.9. The SMILES string of the molecule is C=CCOC(=O)N(C[C@@H](C)Cc1c[nH]c2ccccc12)c1cc(-c2ccc3cnccc3c2)no1. The summed E-state index contributed by atoms with van der Waals surface area (Å²) in [5.41, 5.74) is 3.84. The summed E-state index contributed by atoms with van der Waals surface area (Å²) < 4.78 is 11.0. The molecule has 7 nitrogen and oxygen atoms in total. The first-order valence-corrected chi connectivity index (χ1v) is 11.5. The van der Waals surface area contributed by atoms with Gasteiger partial charge >= 0.3 is 6.09 Å². The van der Waals surface area contributed by atoms with Crippen molar-refractivity contribution in [2.75, 3.05) is 18.1 Å². The van der Waals surface area contributed by atoms with Gasteiger partial charge in [-0.15, -0.1) is 0 Å². The van der Waals surface area contributed by atoms with Crippen molar-refractivity contribution in [2.24, 2.45) is 5.92 Å². The highest BCUT2D eigenvalue weighted by molar-refractivity contribution is 5.89. The lowest BCUT2D eigenvalue weighted by atomic mass is 10.00. The van der Waals surface area contributed by atoms with Crippen molar-refractivity contribution in [1.82, 2.24) is 15.1 Å². The first-order chi connectivity index (χ1) is 17.1. The Hall–Kier alpha value is -4.39. The Balaban J connectivity index is 1.39. The molecule has 0 fully saturated rings. The summed E-state index contributed by atoms with van der Waals surface area (Å²) in [7, 11) is 0. The third kappa shape index (κ3) is 4.80. The van der Waals surface area contributed by atoms with E-state index in [1.807, 2.05) is 48.8 Å². The number of aromatic amines is 1. The minimum absolute atomic E-state index is 0.117. The lowest BCUT2D eigenvalue weighted by Gasteiger charge is -2.22. The van der Waals surface area contributed by atoms with Crippen LogP contribution in [0.2, 0.25) is 0 Å². The van der Waals surface area contributed by atoms with Crippen LogP contribution < -0.4 is 4.90 Å². The Morgan fingerprint density at radius 3 is 2.97 bits per heavy atom. The van der Waals surface area contributed by atoms with Crippen LogP contribution in [0.4, 0.5) is 10.7 Å². The van der Waals surface area contributed by atoms with E-state index in [0.29, 0.717) is 18.1 Å². The predicted molar refractivity (Wildman–Crippen MR) is 137 cm³/mol. The number of anilines is 1. The summed E-state index contributed by atoms with van der Waals surface area (Å²) >= 11 is 0. The van der Waals surface area contributed by atoms with E-state index in [1.165, 1.54) is 15.8 Å². The maximum Gasteiger partial charge on any atom is 0.417 e. The maximum atomic E-state index is 12.9. The highest BCUT2D eigenvalue weighted by Gasteiger charge is 2.25. The van der Waals surface area contributed by atoms with E-state index in [0.717, 1.165) is 28.3 Å². The molecule has 1 amide bonds. The number of carbonyl (C=O) groups is 1. The fourth-order valence-electron chi connectivity index (χ4n) is 4.29. The molecule has 0 spiro atoms. The van der Waals surface area contributed by atoms with E-state index >= 15 is 0 Å². The number of nitrogens with one attached hydrogen (secondary N) is 1. The molecule has 0 radical (unpaired) electrons. The molecule has 0 saturated heterocycles. The van der Waals surface area contributed by atoms with Crippen molar-refractivity contribution in [1.29, 1.82) is 0 Å². The van der Waals surface area contributed by atoms with Crippen LogP contribution in [0.3, 0.4) is 0 Å². The van der Waals surface area contributed by atoms with Gasteiger partial charge < -0.3 is 14.2 Å². The molecule has 35 heavy (non-hydrogen) atoms. The van der Waals surface area contributed by atoms with Crippen molar-refractivity contribution in [3.8, 4) is 11.3 Å². The number of rotatable bonds is 8. The molecule has 2 aromatic carbocycles. The Labute approximate surface area is 203 Å². The number of fused-ring (bicyclic) bond motifs is 2. The summed E-state index contributed by atoms with van der Waals surface area (Å²) in [6, 6.07) is 17.9. The zero-order valence-corrected chi connectivity index (χ0v) is 19.5. The molecule has 0 aliphatic heterocycles. The largest absolute Gasteiger partial charge is 0.445 e. The third-order valence-corrected chi connectivity index (χ3v) is 5.98. The molecule has 5 rings (SSSR count). The summed E-state index contributed by atoms with van der Waals surface area (Å²) in [5.74, 6) is 0.474. The number of H-pyrrole nitrogens is 1. The molecule has 0 bridgehead atoms. The van der Waals surface area contributed by atoms with Crippen LogP contribution in [0.15, 0.2) is 90.4 Å². The number of para-hydroxylation sites is 1. The van der Waals surface area contributed by atoms with Crippen LogP contribution in [0.5, 0.6) is 0 Å². The van der Waals surface area contributed by atoms with Crippen LogP contribution in [0, 0.1) is 5.92 Å². The van der Waals surface area contributed by atoms with Crippen molar-refractivity contribution in [2.45, 2.75) is 13.3 Å². The zero-order valence-electron chi connectivity index (χ0n) is 19.5. The standard InChI is InChI=1S/C28H26N4O3/c1-3-12-34-28(33)32(18-19(2)13-23-17-30-25-7-5-4-6-24(23)25)27-15-26(31-35-27)21-8-9-22-16-29-11-10-20(22)14-21/h3-11,14-17,19,30H,1,12-13,18H2,2H3/t19-/m0/s1. The summed E-state index contributed by atoms with van der Waals surface area (Å²) in [6.07, 6.45) is 7.44. The lowest BCUT2D eigenvalue weighted by molar-refractivity contribution is 0.163. The fraction of sp³-hybridized carbons (Fsp3) is 0.179. The van der Waals surface area contributed by atoms with E-state index in [1.54, 1.807) is 18.3 Å². The Morgan fingerprint density at radius 2 is 2.09 bits per heavy atom. The second kappa shape index (κ2) is 9.85. The normalized spacial score (nSPS) is 12.0. The molecule has 0 aliphatic rings. The number of carbonyl (C=O) groups excluding carboxylic acids is 1. The van der Waals surface area contributed by atoms with Gasteiger partial charge in [0.15, 0.2) is 0 Å². The van der Waals surface area contributed by atoms with Crippen LogP contribution >= 0.6 is 0 Å². The average Bonchev–Trinajstić information content (AvgIpc) is 3.53. The van der Waals surface area contributed by atoms with E-state index in [-0.39, 0.29) is 12.5 Å². The summed E-state index contributed by atoms with van der Waals surface area (Å²) in [4.78, 5) is 21.9. The van der Waals surface area contributed by atoms with E-state index in [4.69, 9.17) is 9.26 Å². The van der Waals surface area contributed by atoms with Gasteiger partial charge in [0.2, 0.25) is 5.88 Å². The number of nitrogens with zero attached hydrogens (tertiary/aromatic N) is 3. The highest BCUT2D eigenvalue weighted by Crippen LogP contribution is 2.29. The molecule has 0 aliphatic carbocycles. The van der Waals surface area contributed by atoms with Crippen molar-refractivity contribution in [3.05, 3.63) is 91.4 Å². The number of amides is 1. The Kier molecular flexibility index (Phi) is 6.30. The zero-order chi connectivity index (χ0) is 24.2. The molecule has 5 aromatic rings. The van der Waals surface area contributed by atoms with Crippen molar-refractivity contribution in [3.63, 3.8) is 0 Å². The van der Waals surface area contributed by atoms with E-state index < -0.39 is 6.09 Å². The van der Waals surface area contributed by atoms with Crippen LogP contribution in [0.1, 0.15) is 12.5 Å². The number of ether oxygens (including phenoxy) is 1. The molecular weight excluding hydrogens is 440 g/mol. The van der Waals surface area contributed by atoms with Crippen LogP contribution in [0.25, 0.3) is 32.9 Å².